The normalized spacial score (nSPS) is 31.0. The lowest BCUT2D eigenvalue weighted by atomic mass is 10.2. The molecule has 122 valence electrons. The van der Waals surface area contributed by atoms with E-state index in [-0.39, 0.29) is 24.1 Å². The van der Waals surface area contributed by atoms with Crippen LogP contribution in [0.25, 0.3) is 0 Å². The molecule has 1 saturated heterocycles. The number of ether oxygens (including phenoxy) is 1. The monoisotopic (exact) mass is 320 g/mol. The highest BCUT2D eigenvalue weighted by atomic mass is 32.2. The van der Waals surface area contributed by atoms with Gasteiger partial charge >= 0.3 is 0 Å². The Morgan fingerprint density at radius 2 is 2.19 bits per heavy atom. The zero-order chi connectivity index (χ0) is 15.6. The quantitative estimate of drug-likeness (QED) is 0.666. The number of sulfonamides is 1. The van der Waals surface area contributed by atoms with Gasteiger partial charge in [-0.15, -0.1) is 0 Å². The second-order valence-corrected chi connectivity index (χ2v) is 7.93. The number of nitrogens with one attached hydrogen (secondary N) is 1. The van der Waals surface area contributed by atoms with Crippen LogP contribution in [0.5, 0.6) is 0 Å². The lowest BCUT2D eigenvalue weighted by Gasteiger charge is -2.33. The molecule has 4 unspecified atom stereocenters. The molecule has 1 aliphatic heterocycles. The molecule has 0 bridgehead atoms. The van der Waals surface area contributed by atoms with E-state index in [2.05, 4.69) is 4.72 Å². The van der Waals surface area contributed by atoms with Crippen LogP contribution in [0.2, 0.25) is 0 Å². The first kappa shape index (κ1) is 16.7. The SMILES string of the molecule is CC(O)CNS(=O)(=O)CC1CN(C(=O)C2CC2C)CCO1. The number of morpholine rings is 1. The Morgan fingerprint density at radius 1 is 1.52 bits per heavy atom. The molecule has 0 aromatic carbocycles. The van der Waals surface area contributed by atoms with Gasteiger partial charge in [-0.3, -0.25) is 4.79 Å². The van der Waals surface area contributed by atoms with E-state index in [1.807, 2.05) is 6.92 Å². The first-order chi connectivity index (χ1) is 9.78. The number of hydrogen-bond acceptors (Lipinski definition) is 5. The van der Waals surface area contributed by atoms with Crippen molar-refractivity contribution in [2.24, 2.45) is 11.8 Å². The van der Waals surface area contributed by atoms with Gasteiger partial charge in [0.05, 0.1) is 24.6 Å². The molecule has 0 radical (unpaired) electrons. The predicted octanol–water partition coefficient (Wildman–Crippen LogP) is -0.830. The summed E-state index contributed by atoms with van der Waals surface area (Å²) in [5.74, 6) is 0.470. The van der Waals surface area contributed by atoms with Crippen LogP contribution in [0, 0.1) is 11.8 Å². The minimum Gasteiger partial charge on any atom is -0.392 e. The van der Waals surface area contributed by atoms with Crippen molar-refractivity contribution in [3.8, 4) is 0 Å². The van der Waals surface area contributed by atoms with Crippen LogP contribution < -0.4 is 4.72 Å². The summed E-state index contributed by atoms with van der Waals surface area (Å²) in [6.45, 7) is 4.75. The van der Waals surface area contributed by atoms with Gasteiger partial charge in [0.2, 0.25) is 15.9 Å². The van der Waals surface area contributed by atoms with Crippen molar-refractivity contribution in [1.82, 2.24) is 9.62 Å². The smallest absolute Gasteiger partial charge is 0.226 e. The first-order valence-corrected chi connectivity index (χ1v) is 8.99. The van der Waals surface area contributed by atoms with E-state index in [0.717, 1.165) is 6.42 Å². The molecule has 1 saturated carbocycles. The van der Waals surface area contributed by atoms with E-state index in [4.69, 9.17) is 9.84 Å². The predicted molar refractivity (Wildman–Crippen MR) is 77.1 cm³/mol. The minimum atomic E-state index is -3.51. The third-order valence-electron chi connectivity index (χ3n) is 3.88. The number of hydrogen-bond donors (Lipinski definition) is 2. The summed E-state index contributed by atoms with van der Waals surface area (Å²) in [5, 5.41) is 9.12. The number of carbonyl (C=O) groups is 1. The van der Waals surface area contributed by atoms with Crippen molar-refractivity contribution >= 4 is 15.9 Å². The number of nitrogens with zero attached hydrogens (tertiary/aromatic N) is 1. The molecule has 7 nitrogen and oxygen atoms in total. The van der Waals surface area contributed by atoms with Crippen molar-refractivity contribution in [2.75, 3.05) is 32.0 Å². The van der Waals surface area contributed by atoms with Gasteiger partial charge in [0.15, 0.2) is 0 Å². The van der Waals surface area contributed by atoms with E-state index in [1.165, 1.54) is 6.92 Å². The Morgan fingerprint density at radius 3 is 2.76 bits per heavy atom. The highest BCUT2D eigenvalue weighted by molar-refractivity contribution is 7.89. The van der Waals surface area contributed by atoms with Gasteiger partial charge < -0.3 is 14.7 Å². The molecule has 2 aliphatic rings. The van der Waals surface area contributed by atoms with Crippen molar-refractivity contribution in [1.29, 1.82) is 0 Å². The summed E-state index contributed by atoms with van der Waals surface area (Å²) in [5.41, 5.74) is 0. The molecule has 4 atom stereocenters. The van der Waals surface area contributed by atoms with E-state index in [9.17, 15) is 13.2 Å². The van der Waals surface area contributed by atoms with Gasteiger partial charge in [0.25, 0.3) is 0 Å². The van der Waals surface area contributed by atoms with Crippen LogP contribution in [0.3, 0.4) is 0 Å². The Kier molecular flexibility index (Phi) is 5.24. The molecule has 8 heteroatoms. The second kappa shape index (κ2) is 6.60. The van der Waals surface area contributed by atoms with Gasteiger partial charge in [-0.05, 0) is 19.3 Å². The zero-order valence-electron chi connectivity index (χ0n) is 12.5. The van der Waals surface area contributed by atoms with Crippen LogP contribution in [-0.4, -0.2) is 68.5 Å². The molecular formula is C13H24N2O5S. The highest BCUT2D eigenvalue weighted by Crippen LogP contribution is 2.39. The Balaban J connectivity index is 1.85. The minimum absolute atomic E-state index is 0.0166. The van der Waals surface area contributed by atoms with Crippen LogP contribution in [0.1, 0.15) is 20.3 Å². The third-order valence-corrected chi connectivity index (χ3v) is 5.30. The highest BCUT2D eigenvalue weighted by Gasteiger charge is 2.42. The molecule has 0 aromatic heterocycles. The number of aliphatic hydroxyl groups excluding tert-OH is 1. The van der Waals surface area contributed by atoms with Gasteiger partial charge in [-0.2, -0.15) is 0 Å². The Labute approximate surface area is 125 Å². The summed E-state index contributed by atoms with van der Waals surface area (Å²) in [6.07, 6.45) is -0.320. The van der Waals surface area contributed by atoms with Gasteiger partial charge in [-0.1, -0.05) is 6.92 Å². The number of amides is 1. The van der Waals surface area contributed by atoms with Crippen LogP contribution in [0.4, 0.5) is 0 Å². The van der Waals surface area contributed by atoms with Crippen molar-refractivity contribution in [2.45, 2.75) is 32.5 Å². The van der Waals surface area contributed by atoms with Crippen molar-refractivity contribution < 1.29 is 23.1 Å². The summed E-state index contributed by atoms with van der Waals surface area (Å²) >= 11 is 0. The van der Waals surface area contributed by atoms with Crippen LogP contribution in [0.15, 0.2) is 0 Å². The first-order valence-electron chi connectivity index (χ1n) is 7.34. The maximum Gasteiger partial charge on any atom is 0.226 e. The number of aliphatic hydroxyl groups is 1. The molecule has 0 spiro atoms. The third kappa shape index (κ3) is 4.91. The number of rotatable bonds is 6. The maximum atomic E-state index is 12.2. The average Bonchev–Trinajstić information content (AvgIpc) is 3.13. The van der Waals surface area contributed by atoms with Crippen LogP contribution in [-0.2, 0) is 19.6 Å². The fourth-order valence-electron chi connectivity index (χ4n) is 2.47. The summed E-state index contributed by atoms with van der Waals surface area (Å²) < 4.78 is 31.5. The lowest BCUT2D eigenvalue weighted by molar-refractivity contribution is -0.139. The second-order valence-electron chi connectivity index (χ2n) is 6.08. The molecule has 1 amide bonds. The fourth-order valence-corrected chi connectivity index (χ4v) is 3.78. The Hall–Kier alpha value is -0.700. The number of carbonyl (C=O) groups excluding carboxylic acids is 1. The van der Waals surface area contributed by atoms with Gasteiger partial charge in [0.1, 0.15) is 0 Å². The lowest BCUT2D eigenvalue weighted by Crippen LogP contribution is -2.50. The summed E-state index contributed by atoms with van der Waals surface area (Å²) in [4.78, 5) is 13.9. The fraction of sp³-hybridized carbons (Fsp3) is 0.923. The molecule has 2 fully saturated rings. The van der Waals surface area contributed by atoms with Crippen molar-refractivity contribution in [3.63, 3.8) is 0 Å². The molecule has 21 heavy (non-hydrogen) atoms. The average molecular weight is 320 g/mol. The molecular weight excluding hydrogens is 296 g/mol. The Bertz CT molecular complexity index is 479. The summed E-state index contributed by atoms with van der Waals surface area (Å²) in [6, 6.07) is 0. The van der Waals surface area contributed by atoms with Gasteiger partial charge in [0, 0.05) is 25.6 Å². The summed E-state index contributed by atoms with van der Waals surface area (Å²) in [7, 11) is -3.51. The van der Waals surface area contributed by atoms with E-state index in [0.29, 0.717) is 25.6 Å². The molecule has 1 aliphatic carbocycles. The molecule has 2 rings (SSSR count). The van der Waals surface area contributed by atoms with E-state index >= 15 is 0 Å². The topological polar surface area (TPSA) is 95.9 Å². The van der Waals surface area contributed by atoms with Gasteiger partial charge in [-0.25, -0.2) is 13.1 Å². The molecule has 2 N–H and O–H groups in total. The van der Waals surface area contributed by atoms with E-state index in [1.54, 1.807) is 4.90 Å². The maximum absolute atomic E-state index is 12.2. The van der Waals surface area contributed by atoms with E-state index < -0.39 is 22.2 Å². The standard InChI is InChI=1S/C13H24N2O5S/c1-9-5-12(9)13(17)15-3-4-20-11(7-15)8-21(18,19)14-6-10(2)16/h9-12,14,16H,3-8H2,1-2H3. The molecule has 0 aromatic rings. The van der Waals surface area contributed by atoms with Crippen LogP contribution >= 0.6 is 0 Å². The van der Waals surface area contributed by atoms with Crippen molar-refractivity contribution in [3.05, 3.63) is 0 Å². The molecule has 1 heterocycles. The largest absolute Gasteiger partial charge is 0.392 e. The zero-order valence-corrected chi connectivity index (χ0v) is 13.3.